The average molecular weight is 374 g/mol. The maximum Gasteiger partial charge on any atom is 0.227 e. The van der Waals surface area contributed by atoms with E-state index in [0.717, 1.165) is 48.6 Å². The lowest BCUT2D eigenvalue weighted by atomic mass is 10.0. The molecule has 0 saturated carbocycles. The molecular weight excluding hydrogens is 348 g/mol. The average Bonchev–Trinajstić information content (AvgIpc) is 3.32. The van der Waals surface area contributed by atoms with Gasteiger partial charge >= 0.3 is 0 Å². The quantitative estimate of drug-likeness (QED) is 0.682. The van der Waals surface area contributed by atoms with E-state index >= 15 is 0 Å². The molecule has 1 unspecified atom stereocenters. The number of carbonyl (C=O) groups excluding carboxylic acids is 1. The smallest absolute Gasteiger partial charge is 0.227 e. The Bertz CT molecular complexity index is 964. The molecule has 3 heterocycles. The van der Waals surface area contributed by atoms with Crippen LogP contribution in [-0.2, 0) is 17.8 Å². The number of benzene rings is 1. The van der Waals surface area contributed by atoms with Crippen LogP contribution in [0.4, 0.5) is 0 Å². The molecule has 1 aliphatic rings. The number of hydrogen-bond acceptors (Lipinski definition) is 3. The van der Waals surface area contributed by atoms with Gasteiger partial charge in [0.1, 0.15) is 5.82 Å². The molecule has 2 aromatic heterocycles. The number of aryl methyl sites for hydroxylation is 2. The van der Waals surface area contributed by atoms with Crippen molar-refractivity contribution in [1.82, 2.24) is 19.4 Å². The Kier molecular flexibility index (Phi) is 5.24. The number of aromatic nitrogens is 3. The summed E-state index contributed by atoms with van der Waals surface area (Å²) >= 11 is 0. The third-order valence-corrected chi connectivity index (χ3v) is 5.62. The van der Waals surface area contributed by atoms with Crippen molar-refractivity contribution in [2.24, 2.45) is 0 Å². The Balaban J connectivity index is 1.57. The molecule has 1 amide bonds. The Morgan fingerprint density at radius 1 is 1.14 bits per heavy atom. The number of imidazole rings is 1. The SMILES string of the molecule is Cc1ccccc1CC(=O)N1CCCC1c1ncc(C)n1Cc1cccnc1. The molecule has 1 saturated heterocycles. The molecule has 3 aromatic rings. The highest BCUT2D eigenvalue weighted by molar-refractivity contribution is 5.79. The number of carbonyl (C=O) groups is 1. The van der Waals surface area contributed by atoms with E-state index in [1.807, 2.05) is 41.6 Å². The molecule has 0 radical (unpaired) electrons. The number of rotatable bonds is 5. The van der Waals surface area contributed by atoms with E-state index < -0.39 is 0 Å². The van der Waals surface area contributed by atoms with Gasteiger partial charge in [0.25, 0.3) is 0 Å². The van der Waals surface area contributed by atoms with Gasteiger partial charge in [-0.2, -0.15) is 0 Å². The fourth-order valence-electron chi connectivity index (χ4n) is 4.03. The van der Waals surface area contributed by atoms with Crippen molar-refractivity contribution < 1.29 is 4.79 Å². The van der Waals surface area contributed by atoms with Crippen molar-refractivity contribution in [3.05, 3.63) is 83.2 Å². The summed E-state index contributed by atoms with van der Waals surface area (Å²) in [6.45, 7) is 5.66. The van der Waals surface area contributed by atoms with Crippen LogP contribution in [0.1, 0.15) is 47.1 Å². The molecule has 0 aliphatic carbocycles. The molecule has 0 N–H and O–H groups in total. The van der Waals surface area contributed by atoms with Crippen LogP contribution in [0, 0.1) is 13.8 Å². The van der Waals surface area contributed by atoms with Gasteiger partial charge in [-0.1, -0.05) is 30.3 Å². The normalized spacial score (nSPS) is 16.5. The molecule has 1 atom stereocenters. The molecule has 4 rings (SSSR count). The molecule has 28 heavy (non-hydrogen) atoms. The maximum absolute atomic E-state index is 13.1. The molecule has 5 nitrogen and oxygen atoms in total. The van der Waals surface area contributed by atoms with Gasteiger partial charge in [0.2, 0.25) is 5.91 Å². The minimum atomic E-state index is 0.0434. The molecule has 1 aliphatic heterocycles. The van der Waals surface area contributed by atoms with Crippen LogP contribution in [0.3, 0.4) is 0 Å². The predicted octanol–water partition coefficient (Wildman–Crippen LogP) is 3.85. The maximum atomic E-state index is 13.1. The van der Waals surface area contributed by atoms with Crippen LogP contribution in [0.5, 0.6) is 0 Å². The van der Waals surface area contributed by atoms with Crippen LogP contribution < -0.4 is 0 Å². The Morgan fingerprint density at radius 3 is 2.79 bits per heavy atom. The second-order valence-electron chi connectivity index (χ2n) is 7.55. The van der Waals surface area contributed by atoms with Gasteiger partial charge in [-0.15, -0.1) is 0 Å². The summed E-state index contributed by atoms with van der Waals surface area (Å²) in [5.41, 5.74) is 4.52. The first-order chi connectivity index (χ1) is 13.6. The monoisotopic (exact) mass is 374 g/mol. The molecular formula is C23H26N4O. The summed E-state index contributed by atoms with van der Waals surface area (Å²) in [6.07, 6.45) is 8.01. The van der Waals surface area contributed by atoms with Crippen LogP contribution in [-0.4, -0.2) is 31.9 Å². The van der Waals surface area contributed by atoms with E-state index in [2.05, 4.69) is 35.5 Å². The topological polar surface area (TPSA) is 51.0 Å². The number of hydrogen-bond donors (Lipinski definition) is 0. The fraction of sp³-hybridized carbons (Fsp3) is 0.348. The van der Waals surface area contributed by atoms with Gasteiger partial charge in [0, 0.05) is 30.8 Å². The summed E-state index contributed by atoms with van der Waals surface area (Å²) in [7, 11) is 0. The van der Waals surface area contributed by atoms with Gasteiger partial charge in [0.15, 0.2) is 0 Å². The third kappa shape index (κ3) is 3.70. The van der Waals surface area contributed by atoms with E-state index in [9.17, 15) is 4.79 Å². The summed E-state index contributed by atoms with van der Waals surface area (Å²) in [4.78, 5) is 24.0. The Hall–Kier alpha value is -2.95. The van der Waals surface area contributed by atoms with Gasteiger partial charge in [-0.05, 0) is 49.4 Å². The van der Waals surface area contributed by atoms with Crippen molar-refractivity contribution in [1.29, 1.82) is 0 Å². The highest BCUT2D eigenvalue weighted by Gasteiger charge is 2.33. The van der Waals surface area contributed by atoms with Crippen LogP contribution in [0.15, 0.2) is 55.0 Å². The van der Waals surface area contributed by atoms with Crippen molar-refractivity contribution in [3.8, 4) is 0 Å². The zero-order valence-corrected chi connectivity index (χ0v) is 16.5. The first-order valence-corrected chi connectivity index (χ1v) is 9.88. The van der Waals surface area contributed by atoms with Gasteiger partial charge in [-0.25, -0.2) is 4.98 Å². The number of amides is 1. The van der Waals surface area contributed by atoms with E-state index in [-0.39, 0.29) is 11.9 Å². The van der Waals surface area contributed by atoms with Gasteiger partial charge < -0.3 is 9.47 Å². The largest absolute Gasteiger partial charge is 0.332 e. The number of pyridine rings is 1. The summed E-state index contributed by atoms with van der Waals surface area (Å²) in [5.74, 6) is 1.17. The number of likely N-dealkylation sites (tertiary alicyclic amines) is 1. The Labute approximate surface area is 166 Å². The lowest BCUT2D eigenvalue weighted by Crippen LogP contribution is -2.33. The minimum absolute atomic E-state index is 0.0434. The van der Waals surface area contributed by atoms with Crippen LogP contribution >= 0.6 is 0 Å². The summed E-state index contributed by atoms with van der Waals surface area (Å²) < 4.78 is 2.22. The standard InChI is InChI=1S/C23H26N4O/c1-17-7-3-4-9-20(17)13-22(28)26-12-6-10-21(26)23-25-14-18(2)27(23)16-19-8-5-11-24-15-19/h3-5,7-9,11,14-15,21H,6,10,12-13,16H2,1-2H3. The van der Waals surface area contributed by atoms with Crippen molar-refractivity contribution in [3.63, 3.8) is 0 Å². The first-order valence-electron chi connectivity index (χ1n) is 9.88. The van der Waals surface area contributed by atoms with Crippen LogP contribution in [0.25, 0.3) is 0 Å². The molecule has 1 aromatic carbocycles. The van der Waals surface area contributed by atoms with Crippen molar-refractivity contribution >= 4 is 5.91 Å². The fourth-order valence-corrected chi connectivity index (χ4v) is 4.03. The van der Waals surface area contributed by atoms with Gasteiger partial charge in [-0.3, -0.25) is 9.78 Å². The highest BCUT2D eigenvalue weighted by atomic mass is 16.2. The van der Waals surface area contributed by atoms with Crippen molar-refractivity contribution in [2.75, 3.05) is 6.54 Å². The van der Waals surface area contributed by atoms with E-state index in [4.69, 9.17) is 4.98 Å². The van der Waals surface area contributed by atoms with E-state index in [1.54, 1.807) is 6.20 Å². The summed E-state index contributed by atoms with van der Waals surface area (Å²) in [6, 6.07) is 12.2. The molecule has 1 fully saturated rings. The molecule has 5 heteroatoms. The van der Waals surface area contributed by atoms with E-state index in [0.29, 0.717) is 6.42 Å². The molecule has 144 valence electrons. The lowest BCUT2D eigenvalue weighted by Gasteiger charge is -2.26. The number of nitrogens with zero attached hydrogens (tertiary/aromatic N) is 4. The van der Waals surface area contributed by atoms with Crippen molar-refractivity contribution in [2.45, 2.75) is 45.7 Å². The second-order valence-corrected chi connectivity index (χ2v) is 7.55. The highest BCUT2D eigenvalue weighted by Crippen LogP contribution is 2.32. The molecule has 0 bridgehead atoms. The third-order valence-electron chi connectivity index (χ3n) is 5.62. The first kappa shape index (κ1) is 18.4. The van der Waals surface area contributed by atoms with Crippen LogP contribution in [0.2, 0.25) is 0 Å². The predicted molar refractivity (Wildman–Crippen MR) is 109 cm³/mol. The second kappa shape index (κ2) is 7.97. The zero-order chi connectivity index (χ0) is 19.5. The zero-order valence-electron chi connectivity index (χ0n) is 16.5. The lowest BCUT2D eigenvalue weighted by molar-refractivity contribution is -0.131. The van der Waals surface area contributed by atoms with E-state index in [1.165, 1.54) is 5.56 Å². The Morgan fingerprint density at radius 2 is 2.00 bits per heavy atom. The summed E-state index contributed by atoms with van der Waals surface area (Å²) in [5, 5.41) is 0. The molecule has 0 spiro atoms. The van der Waals surface area contributed by atoms with Gasteiger partial charge in [0.05, 0.1) is 19.0 Å². The minimum Gasteiger partial charge on any atom is -0.332 e.